The summed E-state index contributed by atoms with van der Waals surface area (Å²) in [5.41, 5.74) is 4.28. The van der Waals surface area contributed by atoms with Crippen molar-refractivity contribution >= 4 is 51.3 Å². The topological polar surface area (TPSA) is 147 Å². The van der Waals surface area contributed by atoms with Gasteiger partial charge >= 0.3 is 29.6 Å². The summed E-state index contributed by atoms with van der Waals surface area (Å²) in [4.78, 5) is 28.1. The van der Waals surface area contributed by atoms with Crippen LogP contribution < -0.4 is 40.6 Å². The zero-order valence-corrected chi connectivity index (χ0v) is 23.4. The molecule has 0 bridgehead atoms. The SMILES string of the molecule is Br.CCC(CC(CC(C)C(=O)NC(C)(C)CS(=O)(=O)[O-])n1ccnc1)C(N)=O.Cl.[Na+]. The molecular formula is C17H31BrClN4NaO5S. The Balaban J connectivity index is -0.00000243. The van der Waals surface area contributed by atoms with Gasteiger partial charge in [0.25, 0.3) is 0 Å². The van der Waals surface area contributed by atoms with Crippen molar-refractivity contribution in [1.82, 2.24) is 14.9 Å². The molecule has 9 nitrogen and oxygen atoms in total. The van der Waals surface area contributed by atoms with E-state index in [1.54, 1.807) is 25.6 Å². The van der Waals surface area contributed by atoms with Crippen molar-refractivity contribution in [1.29, 1.82) is 0 Å². The number of nitrogens with zero attached hydrogens (tertiary/aromatic N) is 2. The van der Waals surface area contributed by atoms with Gasteiger partial charge in [0.1, 0.15) is 0 Å². The van der Waals surface area contributed by atoms with Crippen molar-refractivity contribution in [3.63, 3.8) is 0 Å². The van der Waals surface area contributed by atoms with Crippen LogP contribution in [0.5, 0.6) is 0 Å². The van der Waals surface area contributed by atoms with E-state index in [1.807, 2.05) is 11.5 Å². The van der Waals surface area contributed by atoms with Crippen molar-refractivity contribution in [2.45, 2.75) is 58.5 Å². The molecule has 1 heterocycles. The quantitative estimate of drug-likeness (QED) is 0.266. The molecule has 0 aliphatic heterocycles. The third kappa shape index (κ3) is 12.6. The number of halogens is 2. The van der Waals surface area contributed by atoms with Gasteiger partial charge in [0.2, 0.25) is 11.8 Å². The Morgan fingerprint density at radius 3 is 2.27 bits per heavy atom. The molecule has 30 heavy (non-hydrogen) atoms. The molecule has 0 radical (unpaired) electrons. The minimum Gasteiger partial charge on any atom is -0.748 e. The zero-order chi connectivity index (χ0) is 20.8. The minimum atomic E-state index is -4.47. The van der Waals surface area contributed by atoms with Crippen molar-refractivity contribution in [2.24, 2.45) is 17.6 Å². The molecule has 0 saturated heterocycles. The molecule has 3 N–H and O–H groups in total. The van der Waals surface area contributed by atoms with Crippen LogP contribution in [0.1, 0.15) is 53.0 Å². The largest absolute Gasteiger partial charge is 1.00 e. The summed E-state index contributed by atoms with van der Waals surface area (Å²) in [6.45, 7) is 6.57. The van der Waals surface area contributed by atoms with Crippen LogP contribution in [0, 0.1) is 11.8 Å². The summed E-state index contributed by atoms with van der Waals surface area (Å²) in [6, 6.07) is -0.169. The van der Waals surface area contributed by atoms with Gasteiger partial charge in [0.05, 0.1) is 22.2 Å². The monoisotopic (exact) mass is 540 g/mol. The normalized spacial score (nSPS) is 14.2. The van der Waals surface area contributed by atoms with E-state index >= 15 is 0 Å². The molecule has 1 rings (SSSR count). The second kappa shape index (κ2) is 14.8. The summed E-state index contributed by atoms with van der Waals surface area (Å²) < 4.78 is 34.8. The molecule has 0 saturated carbocycles. The predicted molar refractivity (Wildman–Crippen MR) is 117 cm³/mol. The Hall–Kier alpha value is -0.170. The average Bonchev–Trinajstić information content (AvgIpc) is 3.01. The maximum Gasteiger partial charge on any atom is 1.00 e. The van der Waals surface area contributed by atoms with E-state index in [1.165, 1.54) is 13.8 Å². The second-order valence-corrected chi connectivity index (χ2v) is 9.02. The first kappa shape index (κ1) is 34.4. The molecule has 0 aliphatic carbocycles. The molecule has 3 unspecified atom stereocenters. The number of amides is 2. The first-order valence-electron chi connectivity index (χ1n) is 8.87. The summed E-state index contributed by atoms with van der Waals surface area (Å²) in [5, 5.41) is 2.62. The Labute approximate surface area is 217 Å². The standard InChI is InChI=1S/C17H30N4O5S.BrH.ClH.Na/c1-5-13(15(18)22)9-14(21-7-6-19-11-21)8-12(2)16(23)20-17(3,4)10-27(24,25)26;;;/h6-7,11-14H,5,8-10H2,1-4H3,(H2,18,22)(H,20,23)(H,24,25,26);2*1H;/q;;;+1/p-1. The van der Waals surface area contributed by atoms with Crippen LogP contribution in [0.2, 0.25) is 0 Å². The third-order valence-corrected chi connectivity index (χ3v) is 5.55. The number of aromatic nitrogens is 2. The van der Waals surface area contributed by atoms with E-state index in [2.05, 4.69) is 10.3 Å². The number of nitrogens with one attached hydrogen (secondary N) is 1. The Bertz CT molecular complexity index is 749. The number of nitrogens with two attached hydrogens (primary N) is 1. The zero-order valence-electron chi connectivity index (χ0n) is 18.0. The molecule has 1 aromatic heterocycles. The fourth-order valence-corrected chi connectivity index (χ4v) is 4.04. The second-order valence-electron chi connectivity index (χ2n) is 7.62. The van der Waals surface area contributed by atoms with Gasteiger partial charge in [-0.05, 0) is 33.1 Å². The van der Waals surface area contributed by atoms with Crippen LogP contribution in [0.25, 0.3) is 0 Å². The molecule has 3 atom stereocenters. The number of rotatable bonds is 11. The van der Waals surface area contributed by atoms with Gasteiger partial charge in [-0.2, -0.15) is 0 Å². The van der Waals surface area contributed by atoms with Gasteiger partial charge in [0, 0.05) is 35.8 Å². The van der Waals surface area contributed by atoms with E-state index in [0.717, 1.165) is 0 Å². The number of primary amides is 1. The van der Waals surface area contributed by atoms with Gasteiger partial charge in [-0.25, -0.2) is 13.4 Å². The minimum absolute atomic E-state index is 0. The Kier molecular flexibility index (Phi) is 17.0. The van der Waals surface area contributed by atoms with Gasteiger partial charge in [-0.3, -0.25) is 9.59 Å². The number of carbonyl (C=O) groups excluding carboxylic acids is 2. The molecular weight excluding hydrogens is 511 g/mol. The average molecular weight is 542 g/mol. The van der Waals surface area contributed by atoms with Gasteiger partial charge in [-0.15, -0.1) is 29.4 Å². The molecule has 2 amide bonds. The number of hydrogen-bond donors (Lipinski definition) is 2. The maximum atomic E-state index is 12.5. The van der Waals surface area contributed by atoms with Crippen LogP contribution in [-0.2, 0) is 19.7 Å². The van der Waals surface area contributed by atoms with Crippen molar-refractivity contribution < 1.29 is 52.1 Å². The fourth-order valence-electron chi connectivity index (χ4n) is 3.09. The summed E-state index contributed by atoms with van der Waals surface area (Å²) in [7, 11) is -4.47. The summed E-state index contributed by atoms with van der Waals surface area (Å²) in [5.74, 6) is -2.24. The van der Waals surface area contributed by atoms with Crippen LogP contribution in [0.15, 0.2) is 18.7 Å². The van der Waals surface area contributed by atoms with Gasteiger partial charge < -0.3 is 20.2 Å². The first-order valence-corrected chi connectivity index (χ1v) is 10.4. The van der Waals surface area contributed by atoms with Crippen molar-refractivity contribution in [3.05, 3.63) is 18.7 Å². The Morgan fingerprint density at radius 1 is 1.30 bits per heavy atom. The molecule has 0 aromatic carbocycles. The fraction of sp³-hybridized carbons (Fsp3) is 0.706. The maximum absolute atomic E-state index is 12.5. The van der Waals surface area contributed by atoms with E-state index in [-0.39, 0.29) is 82.7 Å². The van der Waals surface area contributed by atoms with E-state index in [0.29, 0.717) is 19.3 Å². The number of hydrogen-bond acceptors (Lipinski definition) is 6. The molecule has 0 spiro atoms. The van der Waals surface area contributed by atoms with Crippen LogP contribution in [-0.4, -0.2) is 45.6 Å². The number of imidazole rings is 1. The van der Waals surface area contributed by atoms with Gasteiger partial charge in [-0.1, -0.05) is 13.8 Å². The van der Waals surface area contributed by atoms with Crippen LogP contribution in [0.4, 0.5) is 0 Å². The van der Waals surface area contributed by atoms with E-state index in [4.69, 9.17) is 5.73 Å². The summed E-state index contributed by atoms with van der Waals surface area (Å²) >= 11 is 0. The smallest absolute Gasteiger partial charge is 0.748 e. The van der Waals surface area contributed by atoms with Crippen LogP contribution in [0.3, 0.4) is 0 Å². The summed E-state index contributed by atoms with van der Waals surface area (Å²) in [6.07, 6.45) is 6.47. The predicted octanol–water partition coefficient (Wildman–Crippen LogP) is -1.20. The van der Waals surface area contributed by atoms with Gasteiger partial charge in [0.15, 0.2) is 0 Å². The van der Waals surface area contributed by atoms with E-state index in [9.17, 15) is 22.6 Å². The molecule has 170 valence electrons. The molecule has 1 aromatic rings. The first-order chi connectivity index (χ1) is 12.3. The third-order valence-electron chi connectivity index (χ3n) is 4.47. The van der Waals surface area contributed by atoms with Crippen LogP contribution >= 0.6 is 29.4 Å². The molecule has 13 heteroatoms. The molecule has 0 aliphatic rings. The van der Waals surface area contributed by atoms with Crippen molar-refractivity contribution in [2.75, 3.05) is 5.75 Å². The molecule has 0 fully saturated rings. The van der Waals surface area contributed by atoms with Crippen molar-refractivity contribution in [3.8, 4) is 0 Å². The Morgan fingerprint density at radius 2 is 1.87 bits per heavy atom. The number of carbonyl (C=O) groups is 2. The van der Waals surface area contributed by atoms with E-state index < -0.39 is 27.3 Å².